The van der Waals surface area contributed by atoms with Crippen molar-refractivity contribution >= 4 is 0 Å². The van der Waals surface area contributed by atoms with Gasteiger partial charge in [0.05, 0.1) is 69.8 Å². The zero-order valence-corrected chi connectivity index (χ0v) is 28.5. The molecule has 0 aliphatic heterocycles. The first-order chi connectivity index (χ1) is 26.6. The van der Waals surface area contributed by atoms with Gasteiger partial charge in [-0.3, -0.25) is 0 Å². The molecule has 0 fully saturated rings. The van der Waals surface area contributed by atoms with E-state index in [0.29, 0.717) is 100 Å². The molecular weight excluding hydrogens is 661 g/mol. The Hall–Kier alpha value is -8.52. The molecule has 0 unspecified atom stereocenters. The van der Waals surface area contributed by atoms with Crippen molar-refractivity contribution in [1.82, 2.24) is 0 Å². The third-order valence-corrected chi connectivity index (χ3v) is 9.37. The molecule has 7 rings (SSSR count). The fourth-order valence-electron chi connectivity index (χ4n) is 7.02. The molecule has 7 aromatic rings. The minimum Gasteiger partial charge on any atom is -0.192 e. The Balaban J connectivity index is 1.93. The van der Waals surface area contributed by atoms with Crippen LogP contribution in [-0.2, 0) is 0 Å². The van der Waals surface area contributed by atoms with Crippen molar-refractivity contribution in [1.29, 1.82) is 31.6 Å². The molecule has 0 bridgehead atoms. The Bertz CT molecular complexity index is 2540. The molecule has 0 heterocycles. The summed E-state index contributed by atoms with van der Waals surface area (Å²) in [5, 5.41) is 62.1. The van der Waals surface area contributed by atoms with Gasteiger partial charge in [-0.15, -0.1) is 0 Å². The van der Waals surface area contributed by atoms with Crippen molar-refractivity contribution in [3.8, 4) is 103 Å². The van der Waals surface area contributed by atoms with Crippen molar-refractivity contribution in [2.24, 2.45) is 0 Å². The van der Waals surface area contributed by atoms with Gasteiger partial charge in [0.25, 0.3) is 0 Å². The molecule has 0 amide bonds. The maximum absolute atomic E-state index is 10.6. The molecule has 0 radical (unpaired) electrons. The zero-order valence-electron chi connectivity index (χ0n) is 28.5. The van der Waals surface area contributed by atoms with Gasteiger partial charge in [0.15, 0.2) is 0 Å². The van der Waals surface area contributed by atoms with Gasteiger partial charge in [-0.1, -0.05) is 97.1 Å². The standard InChI is InChI=1S/C48H24N6/c49-25-31-17-21-33(22-18-31)43-45(39-13-5-1-9-35(39)27-51)46(40-14-6-2-10-36(40)28-52)44(34-23-19-32(26-50)20-24-34)48(42-16-8-4-12-38(42)30-54)47(43)41-15-7-3-11-37(41)29-53/h1-24H. The summed E-state index contributed by atoms with van der Waals surface area (Å²) >= 11 is 0. The van der Waals surface area contributed by atoms with Gasteiger partial charge < -0.3 is 0 Å². The Labute approximate surface area is 312 Å². The van der Waals surface area contributed by atoms with Gasteiger partial charge in [0.2, 0.25) is 0 Å². The molecule has 0 saturated heterocycles. The van der Waals surface area contributed by atoms with E-state index in [2.05, 4.69) is 36.4 Å². The lowest BCUT2D eigenvalue weighted by Crippen LogP contribution is -2.05. The molecule has 0 aromatic heterocycles. The number of benzene rings is 7. The van der Waals surface area contributed by atoms with Crippen molar-refractivity contribution in [2.45, 2.75) is 0 Å². The van der Waals surface area contributed by atoms with E-state index in [1.165, 1.54) is 0 Å². The highest BCUT2D eigenvalue weighted by Gasteiger charge is 2.32. The minimum atomic E-state index is 0.374. The van der Waals surface area contributed by atoms with E-state index in [9.17, 15) is 31.6 Å². The monoisotopic (exact) mass is 684 g/mol. The molecule has 6 nitrogen and oxygen atoms in total. The van der Waals surface area contributed by atoms with Gasteiger partial charge in [-0.25, -0.2) is 0 Å². The lowest BCUT2D eigenvalue weighted by Gasteiger charge is -2.29. The highest BCUT2D eigenvalue weighted by molar-refractivity contribution is 6.16. The third kappa shape index (κ3) is 5.88. The number of rotatable bonds is 6. The van der Waals surface area contributed by atoms with Crippen molar-refractivity contribution < 1.29 is 0 Å². The first-order valence-corrected chi connectivity index (χ1v) is 16.8. The normalized spacial score (nSPS) is 10.1. The van der Waals surface area contributed by atoms with Crippen LogP contribution in [0.1, 0.15) is 33.4 Å². The molecular formula is C48H24N6. The van der Waals surface area contributed by atoms with Gasteiger partial charge >= 0.3 is 0 Å². The fourth-order valence-corrected chi connectivity index (χ4v) is 7.02. The van der Waals surface area contributed by atoms with Crippen molar-refractivity contribution in [3.63, 3.8) is 0 Å². The van der Waals surface area contributed by atoms with E-state index in [0.717, 1.165) is 0 Å². The lowest BCUT2D eigenvalue weighted by atomic mass is 9.72. The van der Waals surface area contributed by atoms with Crippen molar-refractivity contribution in [3.05, 3.63) is 179 Å². The molecule has 0 aliphatic carbocycles. The van der Waals surface area contributed by atoms with Crippen LogP contribution >= 0.6 is 0 Å². The fraction of sp³-hybridized carbons (Fsp3) is 0. The van der Waals surface area contributed by atoms with Gasteiger partial charge in [-0.05, 0) is 93.0 Å². The van der Waals surface area contributed by atoms with Crippen molar-refractivity contribution in [2.75, 3.05) is 0 Å². The van der Waals surface area contributed by atoms with Crippen LogP contribution in [0.4, 0.5) is 0 Å². The molecule has 0 spiro atoms. The van der Waals surface area contributed by atoms with E-state index in [1.807, 2.05) is 72.8 Å². The van der Waals surface area contributed by atoms with E-state index in [4.69, 9.17) is 0 Å². The van der Waals surface area contributed by atoms with Crippen LogP contribution in [0.5, 0.6) is 0 Å². The van der Waals surface area contributed by atoms with Crippen LogP contribution < -0.4 is 0 Å². The molecule has 0 aliphatic rings. The Morgan fingerprint density at radius 3 is 0.704 bits per heavy atom. The second-order valence-electron chi connectivity index (χ2n) is 12.3. The topological polar surface area (TPSA) is 143 Å². The number of nitrogens with zero attached hydrogens (tertiary/aromatic N) is 6. The highest BCUT2D eigenvalue weighted by atomic mass is 14.4. The largest absolute Gasteiger partial charge is 0.192 e. The molecule has 246 valence electrons. The first-order valence-electron chi connectivity index (χ1n) is 16.8. The summed E-state index contributed by atoms with van der Waals surface area (Å²) in [6, 6.07) is 57.1. The van der Waals surface area contributed by atoms with Crippen LogP contribution in [-0.4, -0.2) is 0 Å². The summed E-state index contributed by atoms with van der Waals surface area (Å²) in [6.07, 6.45) is 0. The van der Waals surface area contributed by atoms with Gasteiger partial charge in [-0.2, -0.15) is 31.6 Å². The minimum absolute atomic E-state index is 0.374. The summed E-state index contributed by atoms with van der Waals surface area (Å²) < 4.78 is 0. The third-order valence-electron chi connectivity index (χ3n) is 9.37. The highest BCUT2D eigenvalue weighted by Crippen LogP contribution is 2.57. The zero-order chi connectivity index (χ0) is 37.6. The lowest BCUT2D eigenvalue weighted by molar-refractivity contribution is 1.43. The average Bonchev–Trinajstić information content (AvgIpc) is 3.25. The van der Waals surface area contributed by atoms with Crippen LogP contribution in [0.25, 0.3) is 66.8 Å². The van der Waals surface area contributed by atoms with Crippen LogP contribution in [0.15, 0.2) is 146 Å². The summed E-state index contributed by atoms with van der Waals surface area (Å²) in [6.45, 7) is 0. The summed E-state index contributed by atoms with van der Waals surface area (Å²) in [5.41, 5.74) is 9.75. The predicted molar refractivity (Wildman–Crippen MR) is 207 cm³/mol. The van der Waals surface area contributed by atoms with Gasteiger partial charge in [0, 0.05) is 22.3 Å². The van der Waals surface area contributed by atoms with E-state index >= 15 is 0 Å². The molecule has 0 atom stereocenters. The first kappa shape index (κ1) is 34.0. The Morgan fingerprint density at radius 1 is 0.241 bits per heavy atom. The molecule has 7 aromatic carbocycles. The quantitative estimate of drug-likeness (QED) is 0.170. The summed E-state index contributed by atoms with van der Waals surface area (Å²) in [4.78, 5) is 0. The number of nitriles is 6. The molecule has 0 N–H and O–H groups in total. The Morgan fingerprint density at radius 2 is 0.481 bits per heavy atom. The molecule has 6 heteroatoms. The van der Waals surface area contributed by atoms with E-state index in [1.54, 1.807) is 72.8 Å². The SMILES string of the molecule is N#Cc1ccc(-c2c(-c3ccccc3C#N)c(-c3ccccc3C#N)c(-c3ccc(C#N)cc3)c(-c3ccccc3C#N)c2-c2ccccc2C#N)cc1. The Kier molecular flexibility index (Phi) is 9.28. The second-order valence-corrected chi connectivity index (χ2v) is 12.3. The van der Waals surface area contributed by atoms with Gasteiger partial charge in [0.1, 0.15) is 0 Å². The maximum atomic E-state index is 10.6. The van der Waals surface area contributed by atoms with Crippen LogP contribution in [0, 0.1) is 68.0 Å². The molecule has 0 saturated carbocycles. The number of hydrogen-bond donors (Lipinski definition) is 0. The smallest absolute Gasteiger partial charge is 0.0998 e. The van der Waals surface area contributed by atoms with E-state index < -0.39 is 0 Å². The average molecular weight is 685 g/mol. The van der Waals surface area contributed by atoms with Crippen LogP contribution in [0.2, 0.25) is 0 Å². The van der Waals surface area contributed by atoms with Crippen LogP contribution in [0.3, 0.4) is 0 Å². The molecule has 54 heavy (non-hydrogen) atoms. The second kappa shape index (κ2) is 14.8. The summed E-state index contributed by atoms with van der Waals surface area (Å²) in [7, 11) is 0. The van der Waals surface area contributed by atoms with E-state index in [-0.39, 0.29) is 0 Å². The number of hydrogen-bond acceptors (Lipinski definition) is 6. The summed E-state index contributed by atoms with van der Waals surface area (Å²) in [5.74, 6) is 0. The predicted octanol–water partition coefficient (Wildman–Crippen LogP) is 10.9. The maximum Gasteiger partial charge on any atom is 0.0998 e.